The highest BCUT2D eigenvalue weighted by Crippen LogP contribution is 2.30. The molecular weight excluding hydrogens is 473 g/mol. The van der Waals surface area contributed by atoms with Crippen molar-refractivity contribution in [2.75, 3.05) is 26.2 Å². The Morgan fingerprint density at radius 3 is 2.15 bits per heavy atom. The van der Waals surface area contributed by atoms with Gasteiger partial charge in [-0.3, -0.25) is 9.59 Å². The molecule has 0 bridgehead atoms. The maximum absolute atomic E-state index is 12.9. The average Bonchev–Trinajstić information content (AvgIpc) is 2.82. The fourth-order valence-corrected chi connectivity index (χ4v) is 5.33. The number of carbonyl (C=O) groups excluding carboxylic acids is 1. The van der Waals surface area contributed by atoms with Gasteiger partial charge in [-0.2, -0.15) is 22.6 Å². The minimum Gasteiger partial charge on any atom is -0.340 e. The standard InChI is InChI=1S/C22H21F3N4O4S/c1-27-21(31)18-5-3-2-4-17(18)19(26-27)14-20(30)28-10-12-29(13-11-28)34(32,33)16-8-6-15(7-9-16)22(23,24)25/h2-9H,10-14H2,1H3. The van der Waals surface area contributed by atoms with Crippen LogP contribution in [-0.2, 0) is 34.5 Å². The summed E-state index contributed by atoms with van der Waals surface area (Å²) in [6, 6.07) is 10.2. The second kappa shape index (κ2) is 8.84. The highest BCUT2D eigenvalue weighted by Gasteiger charge is 2.33. The predicted octanol–water partition coefficient (Wildman–Crippen LogP) is 2.03. The molecule has 180 valence electrons. The second-order valence-electron chi connectivity index (χ2n) is 7.90. The SMILES string of the molecule is Cn1nc(CC(=O)N2CCN(S(=O)(=O)c3ccc(C(F)(F)F)cc3)CC2)c2ccccc2c1=O. The molecule has 0 unspecified atom stereocenters. The Morgan fingerprint density at radius 1 is 0.971 bits per heavy atom. The number of nitrogens with zero attached hydrogens (tertiary/aromatic N) is 4. The number of hydrogen-bond donors (Lipinski definition) is 0. The molecule has 1 aliphatic rings. The van der Waals surface area contributed by atoms with Gasteiger partial charge in [0, 0.05) is 38.6 Å². The molecule has 1 aromatic heterocycles. The third-order valence-corrected chi connectivity index (χ3v) is 7.68. The molecule has 4 rings (SSSR count). The van der Waals surface area contributed by atoms with Gasteiger partial charge in [-0.1, -0.05) is 18.2 Å². The molecule has 0 radical (unpaired) electrons. The Bertz CT molecular complexity index is 1390. The van der Waals surface area contributed by atoms with Crippen LogP contribution in [0.4, 0.5) is 13.2 Å². The number of fused-ring (bicyclic) bond motifs is 1. The van der Waals surface area contributed by atoms with Gasteiger partial charge in [0.15, 0.2) is 0 Å². The van der Waals surface area contributed by atoms with Gasteiger partial charge in [0.05, 0.1) is 28.0 Å². The molecule has 34 heavy (non-hydrogen) atoms. The van der Waals surface area contributed by atoms with Gasteiger partial charge in [0.1, 0.15) is 0 Å². The summed E-state index contributed by atoms with van der Waals surface area (Å²) >= 11 is 0. The normalized spacial score (nSPS) is 15.6. The van der Waals surface area contributed by atoms with Crippen molar-refractivity contribution in [2.45, 2.75) is 17.5 Å². The third kappa shape index (κ3) is 4.55. The van der Waals surface area contributed by atoms with Crippen LogP contribution in [0.15, 0.2) is 58.2 Å². The molecule has 12 heteroatoms. The van der Waals surface area contributed by atoms with Crippen LogP contribution in [0.1, 0.15) is 11.3 Å². The van der Waals surface area contributed by atoms with E-state index in [1.165, 1.54) is 16.6 Å². The Labute approximate surface area is 193 Å². The summed E-state index contributed by atoms with van der Waals surface area (Å²) in [6.45, 7) is 0.276. The van der Waals surface area contributed by atoms with E-state index < -0.39 is 21.8 Å². The first-order chi connectivity index (χ1) is 16.0. The van der Waals surface area contributed by atoms with E-state index >= 15 is 0 Å². The highest BCUT2D eigenvalue weighted by atomic mass is 32.2. The summed E-state index contributed by atoms with van der Waals surface area (Å²) in [7, 11) is -2.49. The summed E-state index contributed by atoms with van der Waals surface area (Å²) in [5.74, 6) is -0.261. The number of sulfonamides is 1. The molecule has 1 aliphatic heterocycles. The second-order valence-corrected chi connectivity index (χ2v) is 9.84. The summed E-state index contributed by atoms with van der Waals surface area (Å²) in [4.78, 5) is 26.4. The number of amides is 1. The maximum Gasteiger partial charge on any atom is 0.416 e. The zero-order valence-electron chi connectivity index (χ0n) is 18.1. The van der Waals surface area contributed by atoms with Crippen molar-refractivity contribution >= 4 is 26.7 Å². The molecule has 0 atom stereocenters. The van der Waals surface area contributed by atoms with Gasteiger partial charge in [0.25, 0.3) is 5.56 Å². The van der Waals surface area contributed by atoms with Crippen molar-refractivity contribution < 1.29 is 26.4 Å². The largest absolute Gasteiger partial charge is 0.416 e. The zero-order valence-corrected chi connectivity index (χ0v) is 18.9. The number of alkyl halides is 3. The summed E-state index contributed by atoms with van der Waals surface area (Å²) < 4.78 is 66.3. The number of carbonyl (C=O) groups is 1. The first-order valence-electron chi connectivity index (χ1n) is 10.4. The van der Waals surface area contributed by atoms with E-state index in [2.05, 4.69) is 5.10 Å². The predicted molar refractivity (Wildman–Crippen MR) is 117 cm³/mol. The summed E-state index contributed by atoms with van der Waals surface area (Å²) in [5, 5.41) is 5.26. The van der Waals surface area contributed by atoms with Gasteiger partial charge in [-0.25, -0.2) is 13.1 Å². The molecule has 8 nitrogen and oxygen atoms in total. The van der Waals surface area contributed by atoms with Crippen LogP contribution in [0.3, 0.4) is 0 Å². The Hall–Kier alpha value is -3.25. The number of piperazine rings is 1. The Balaban J connectivity index is 1.45. The Morgan fingerprint density at radius 2 is 1.56 bits per heavy atom. The first kappa shape index (κ1) is 23.9. The molecule has 1 saturated heterocycles. The van der Waals surface area contributed by atoms with Crippen molar-refractivity contribution in [3.8, 4) is 0 Å². The number of hydrogen-bond acceptors (Lipinski definition) is 5. The van der Waals surface area contributed by atoms with E-state index in [-0.39, 0.29) is 49.0 Å². The quantitative estimate of drug-likeness (QED) is 0.554. The molecule has 2 heterocycles. The molecule has 0 saturated carbocycles. The average molecular weight is 494 g/mol. The third-order valence-electron chi connectivity index (χ3n) is 5.76. The van der Waals surface area contributed by atoms with Crippen LogP contribution in [0.5, 0.6) is 0 Å². The fraction of sp³-hybridized carbons (Fsp3) is 0.318. The lowest BCUT2D eigenvalue weighted by atomic mass is 10.1. The molecule has 2 aromatic carbocycles. The van der Waals surface area contributed by atoms with Crippen LogP contribution in [0, 0.1) is 0 Å². The van der Waals surface area contributed by atoms with Crippen LogP contribution < -0.4 is 5.56 Å². The minimum atomic E-state index is -4.56. The van der Waals surface area contributed by atoms with Gasteiger partial charge < -0.3 is 4.90 Å². The van der Waals surface area contributed by atoms with E-state index in [9.17, 15) is 31.2 Å². The topological polar surface area (TPSA) is 92.6 Å². The van der Waals surface area contributed by atoms with E-state index in [1.54, 1.807) is 24.3 Å². The van der Waals surface area contributed by atoms with Crippen LogP contribution >= 0.6 is 0 Å². The lowest BCUT2D eigenvalue weighted by Crippen LogP contribution is -2.51. The van der Waals surface area contributed by atoms with Crippen molar-refractivity contribution in [3.05, 3.63) is 70.1 Å². The van der Waals surface area contributed by atoms with Gasteiger partial charge in [-0.05, 0) is 30.3 Å². The molecular formula is C22H21F3N4O4S. The number of halogens is 3. The van der Waals surface area contributed by atoms with Crippen molar-refractivity contribution in [1.82, 2.24) is 19.0 Å². The minimum absolute atomic E-state index is 0.0105. The molecule has 0 spiro atoms. The summed E-state index contributed by atoms with van der Waals surface area (Å²) in [5.41, 5.74) is -0.752. The number of benzene rings is 2. The number of aromatic nitrogens is 2. The lowest BCUT2D eigenvalue weighted by Gasteiger charge is -2.34. The number of aryl methyl sites for hydroxylation is 1. The van der Waals surface area contributed by atoms with E-state index in [0.29, 0.717) is 16.5 Å². The van der Waals surface area contributed by atoms with Gasteiger partial charge >= 0.3 is 6.18 Å². The van der Waals surface area contributed by atoms with Gasteiger partial charge in [0.2, 0.25) is 15.9 Å². The van der Waals surface area contributed by atoms with Crippen LogP contribution in [0.25, 0.3) is 10.8 Å². The highest BCUT2D eigenvalue weighted by molar-refractivity contribution is 7.89. The van der Waals surface area contributed by atoms with Crippen molar-refractivity contribution in [2.24, 2.45) is 7.05 Å². The lowest BCUT2D eigenvalue weighted by molar-refractivity contribution is -0.137. The Kier molecular flexibility index (Phi) is 6.21. The van der Waals surface area contributed by atoms with E-state index in [0.717, 1.165) is 28.6 Å². The van der Waals surface area contributed by atoms with Crippen LogP contribution in [-0.4, -0.2) is 59.5 Å². The van der Waals surface area contributed by atoms with E-state index in [4.69, 9.17) is 0 Å². The maximum atomic E-state index is 12.9. The van der Waals surface area contributed by atoms with Crippen LogP contribution in [0.2, 0.25) is 0 Å². The zero-order chi connectivity index (χ0) is 24.7. The van der Waals surface area contributed by atoms with Crippen molar-refractivity contribution in [1.29, 1.82) is 0 Å². The monoisotopic (exact) mass is 494 g/mol. The summed E-state index contributed by atoms with van der Waals surface area (Å²) in [6.07, 6.45) is -4.61. The van der Waals surface area contributed by atoms with Gasteiger partial charge in [-0.15, -0.1) is 0 Å². The fourth-order valence-electron chi connectivity index (χ4n) is 3.90. The molecule has 3 aromatic rings. The molecule has 0 N–H and O–H groups in total. The molecule has 1 fully saturated rings. The first-order valence-corrected chi connectivity index (χ1v) is 11.8. The number of rotatable bonds is 4. The molecule has 1 amide bonds. The van der Waals surface area contributed by atoms with E-state index in [1.807, 2.05) is 0 Å². The molecule has 0 aliphatic carbocycles. The van der Waals surface area contributed by atoms with Crippen molar-refractivity contribution in [3.63, 3.8) is 0 Å². The smallest absolute Gasteiger partial charge is 0.340 e.